The van der Waals surface area contributed by atoms with E-state index in [9.17, 15) is 14.4 Å². The molecule has 0 aliphatic carbocycles. The fraction of sp³-hybridized carbons (Fsp3) is 0.0769. The Hall–Kier alpha value is -4.92. The van der Waals surface area contributed by atoms with E-state index in [1.54, 1.807) is 67.8 Å². The number of hydrogen-bond acceptors (Lipinski definition) is 6. The van der Waals surface area contributed by atoms with Crippen LogP contribution in [0.25, 0.3) is 11.3 Å². The first-order valence-electron chi connectivity index (χ1n) is 10.5. The zero-order chi connectivity index (χ0) is 25.0. The Morgan fingerprint density at radius 3 is 2.03 bits per heavy atom. The van der Waals surface area contributed by atoms with Gasteiger partial charge >= 0.3 is 11.8 Å². The number of anilines is 2. The first kappa shape index (κ1) is 24.7. The molecule has 3 aromatic carbocycles. The molecule has 4 aromatic rings. The van der Waals surface area contributed by atoms with Gasteiger partial charge in [-0.3, -0.25) is 14.4 Å². The Kier molecular flexibility index (Phi) is 8.73. The van der Waals surface area contributed by atoms with E-state index >= 15 is 0 Å². The average molecular weight is 473 g/mol. The van der Waals surface area contributed by atoms with E-state index in [2.05, 4.69) is 20.9 Å². The predicted molar refractivity (Wildman–Crippen MR) is 132 cm³/mol. The lowest BCUT2D eigenvalue weighted by Crippen LogP contribution is -2.29. The summed E-state index contributed by atoms with van der Waals surface area (Å²) >= 11 is 0. The summed E-state index contributed by atoms with van der Waals surface area (Å²) in [6, 6.07) is 22.8. The molecule has 0 aliphatic rings. The molecule has 0 radical (unpaired) electrons. The lowest BCUT2D eigenvalue weighted by atomic mass is 10.1. The number of nitrogens with one attached hydrogen (secondary N) is 3. The first-order chi connectivity index (χ1) is 17.0. The number of nitrogens with zero attached hydrogens (tertiary/aromatic N) is 1. The minimum atomic E-state index is -0.779. The maximum absolute atomic E-state index is 12.0. The number of amides is 3. The largest absolute Gasteiger partial charge is 0.496 e. The van der Waals surface area contributed by atoms with Crippen molar-refractivity contribution in [3.05, 3.63) is 97.0 Å². The van der Waals surface area contributed by atoms with E-state index in [4.69, 9.17) is 9.15 Å². The van der Waals surface area contributed by atoms with Crippen LogP contribution in [0.5, 0.6) is 5.75 Å². The van der Waals surface area contributed by atoms with Crippen molar-refractivity contribution in [1.29, 1.82) is 0 Å². The highest BCUT2D eigenvalue weighted by Gasteiger charge is 2.16. The van der Waals surface area contributed by atoms with Crippen LogP contribution in [0, 0.1) is 0 Å². The van der Waals surface area contributed by atoms with Crippen LogP contribution >= 0.6 is 0 Å². The minimum absolute atomic E-state index is 0.0411. The molecule has 0 unspecified atom stereocenters. The molecule has 178 valence electrons. The summed E-state index contributed by atoms with van der Waals surface area (Å²) in [5.74, 6) is -0.557. The molecule has 3 amide bonds. The third-order valence-corrected chi connectivity index (χ3v) is 4.66. The summed E-state index contributed by atoms with van der Waals surface area (Å²) in [4.78, 5) is 38.8. The Morgan fingerprint density at radius 2 is 1.46 bits per heavy atom. The van der Waals surface area contributed by atoms with Gasteiger partial charge in [0, 0.05) is 30.1 Å². The molecule has 9 nitrogen and oxygen atoms in total. The molecule has 0 bridgehead atoms. The number of methoxy groups -OCH3 is 1. The minimum Gasteiger partial charge on any atom is -0.496 e. The molecule has 3 N–H and O–H groups in total. The number of aromatic nitrogens is 1. The van der Waals surface area contributed by atoms with Gasteiger partial charge < -0.3 is 25.1 Å². The highest BCUT2D eigenvalue weighted by molar-refractivity contribution is 6.43. The second kappa shape index (κ2) is 12.4. The van der Waals surface area contributed by atoms with Gasteiger partial charge in [-0.15, -0.1) is 0 Å². The summed E-state index contributed by atoms with van der Waals surface area (Å²) in [6.45, 7) is 0. The van der Waals surface area contributed by atoms with Gasteiger partial charge in [0.15, 0.2) is 12.2 Å². The molecular weight excluding hydrogens is 448 g/mol. The van der Waals surface area contributed by atoms with Crippen molar-refractivity contribution in [2.24, 2.45) is 0 Å². The Balaban J connectivity index is 0.000000287. The van der Waals surface area contributed by atoms with E-state index in [1.165, 1.54) is 13.5 Å². The molecule has 1 aromatic heterocycles. The summed E-state index contributed by atoms with van der Waals surface area (Å²) in [5.41, 5.74) is 2.35. The van der Waals surface area contributed by atoms with Crippen molar-refractivity contribution in [1.82, 2.24) is 10.3 Å². The Labute approximate surface area is 202 Å². The number of hydrogen-bond donors (Lipinski definition) is 3. The summed E-state index contributed by atoms with van der Waals surface area (Å²) in [7, 11) is 3.12. The van der Waals surface area contributed by atoms with Crippen LogP contribution in [0.2, 0.25) is 0 Å². The van der Waals surface area contributed by atoms with Gasteiger partial charge in [-0.25, -0.2) is 4.98 Å². The normalized spacial score (nSPS) is 9.77. The molecule has 0 spiro atoms. The SMILES string of the molecule is CNC(=O)c1ccccc1.COc1cc(NC(=O)C(=O)Nc2ccccc2)ccc1-c1cnco1. The summed E-state index contributed by atoms with van der Waals surface area (Å²) in [6.07, 6.45) is 2.88. The molecule has 0 saturated carbocycles. The molecular formula is C26H24N4O5. The molecule has 35 heavy (non-hydrogen) atoms. The fourth-order valence-corrected chi connectivity index (χ4v) is 2.95. The zero-order valence-electron chi connectivity index (χ0n) is 19.1. The van der Waals surface area contributed by atoms with E-state index < -0.39 is 11.8 Å². The van der Waals surface area contributed by atoms with Crippen LogP contribution < -0.4 is 20.7 Å². The molecule has 0 saturated heterocycles. The van der Waals surface area contributed by atoms with Gasteiger partial charge in [0.05, 0.1) is 18.9 Å². The van der Waals surface area contributed by atoms with Crippen LogP contribution in [-0.4, -0.2) is 36.9 Å². The third kappa shape index (κ3) is 7.03. The first-order valence-corrected chi connectivity index (χ1v) is 10.5. The monoisotopic (exact) mass is 472 g/mol. The molecule has 0 fully saturated rings. The van der Waals surface area contributed by atoms with Gasteiger partial charge in [-0.1, -0.05) is 36.4 Å². The maximum atomic E-state index is 12.0. The maximum Gasteiger partial charge on any atom is 0.314 e. The Morgan fingerprint density at radius 1 is 0.829 bits per heavy atom. The molecule has 9 heteroatoms. The molecule has 1 heterocycles. The molecule has 4 rings (SSSR count). The lowest BCUT2D eigenvalue weighted by molar-refractivity contribution is -0.132. The standard InChI is InChI=1S/C18H15N3O4.C8H9NO/c1-24-15-9-13(7-8-14(15)16-10-19-11-25-16)21-18(23)17(22)20-12-5-3-2-4-6-12;1-9-8(10)7-5-3-2-4-6-7/h2-11H,1H3,(H,20,22)(H,21,23);2-6H,1H3,(H,9,10). The quantitative estimate of drug-likeness (QED) is 0.378. The number of para-hydroxylation sites is 1. The number of carbonyl (C=O) groups excluding carboxylic acids is 3. The third-order valence-electron chi connectivity index (χ3n) is 4.66. The summed E-state index contributed by atoms with van der Waals surface area (Å²) in [5, 5.41) is 7.59. The highest BCUT2D eigenvalue weighted by atomic mass is 16.5. The number of ether oxygens (including phenoxy) is 1. The number of oxazole rings is 1. The fourth-order valence-electron chi connectivity index (χ4n) is 2.95. The molecule has 0 atom stereocenters. The molecule has 0 aliphatic heterocycles. The second-order valence-corrected chi connectivity index (χ2v) is 7.00. The second-order valence-electron chi connectivity index (χ2n) is 7.00. The van der Waals surface area contributed by atoms with Crippen molar-refractivity contribution >= 4 is 29.1 Å². The van der Waals surface area contributed by atoms with E-state index in [-0.39, 0.29) is 5.91 Å². The zero-order valence-corrected chi connectivity index (χ0v) is 19.1. The van der Waals surface area contributed by atoms with Crippen LogP contribution in [-0.2, 0) is 9.59 Å². The van der Waals surface area contributed by atoms with Crippen LogP contribution in [0.3, 0.4) is 0 Å². The van der Waals surface area contributed by atoms with Gasteiger partial charge in [0.1, 0.15) is 5.75 Å². The van der Waals surface area contributed by atoms with Crippen molar-refractivity contribution in [2.45, 2.75) is 0 Å². The van der Waals surface area contributed by atoms with E-state index in [0.717, 1.165) is 0 Å². The number of benzene rings is 3. The van der Waals surface area contributed by atoms with Gasteiger partial charge in [-0.05, 0) is 36.4 Å². The van der Waals surface area contributed by atoms with E-state index in [1.807, 2.05) is 24.3 Å². The van der Waals surface area contributed by atoms with Crippen molar-refractivity contribution < 1.29 is 23.5 Å². The van der Waals surface area contributed by atoms with Crippen molar-refractivity contribution in [3.63, 3.8) is 0 Å². The van der Waals surface area contributed by atoms with Crippen molar-refractivity contribution in [3.8, 4) is 17.1 Å². The van der Waals surface area contributed by atoms with Crippen molar-refractivity contribution in [2.75, 3.05) is 24.8 Å². The van der Waals surface area contributed by atoms with Gasteiger partial charge in [0.2, 0.25) is 0 Å². The van der Waals surface area contributed by atoms with Gasteiger partial charge in [0.25, 0.3) is 5.91 Å². The number of carbonyl (C=O) groups is 3. The average Bonchev–Trinajstić information content (AvgIpc) is 3.44. The van der Waals surface area contributed by atoms with Crippen LogP contribution in [0.4, 0.5) is 11.4 Å². The Bertz CT molecular complexity index is 1260. The lowest BCUT2D eigenvalue weighted by Gasteiger charge is -2.10. The van der Waals surface area contributed by atoms with Crippen LogP contribution in [0.15, 0.2) is 95.9 Å². The highest BCUT2D eigenvalue weighted by Crippen LogP contribution is 2.32. The van der Waals surface area contributed by atoms with Gasteiger partial charge in [-0.2, -0.15) is 0 Å². The number of rotatable bonds is 5. The predicted octanol–water partition coefficient (Wildman–Crippen LogP) is 3.97. The summed E-state index contributed by atoms with van der Waals surface area (Å²) < 4.78 is 10.6. The van der Waals surface area contributed by atoms with Crippen LogP contribution in [0.1, 0.15) is 10.4 Å². The topological polar surface area (TPSA) is 123 Å². The smallest absolute Gasteiger partial charge is 0.314 e. The van der Waals surface area contributed by atoms with E-state index in [0.29, 0.717) is 34.0 Å².